The highest BCUT2D eigenvalue weighted by atomic mass is 16.3. The lowest BCUT2D eigenvalue weighted by Gasteiger charge is -2.23. The Morgan fingerprint density at radius 3 is 2.75 bits per heavy atom. The lowest BCUT2D eigenvalue weighted by molar-refractivity contribution is 0.218. The minimum atomic E-state index is 0.574. The molecule has 0 fully saturated rings. The summed E-state index contributed by atoms with van der Waals surface area (Å²) in [5.74, 6) is 2.04. The molecule has 0 aliphatic heterocycles. The number of nitrogens with zero attached hydrogens (tertiary/aromatic N) is 1. The summed E-state index contributed by atoms with van der Waals surface area (Å²) < 4.78 is 5.57. The van der Waals surface area contributed by atoms with Crippen LogP contribution in [-0.4, -0.2) is 31.1 Å². The molecule has 0 aliphatic carbocycles. The van der Waals surface area contributed by atoms with Gasteiger partial charge >= 0.3 is 0 Å². The lowest BCUT2D eigenvalue weighted by atomic mass is 10.2. The Hall–Kier alpha value is -0.800. The van der Waals surface area contributed by atoms with Crippen LogP contribution in [0.25, 0.3) is 0 Å². The van der Waals surface area contributed by atoms with Gasteiger partial charge < -0.3 is 9.73 Å². The van der Waals surface area contributed by atoms with Crippen LogP contribution < -0.4 is 5.32 Å². The van der Waals surface area contributed by atoms with Gasteiger partial charge in [-0.05, 0) is 52.5 Å². The van der Waals surface area contributed by atoms with Crippen LogP contribution in [0.1, 0.15) is 31.8 Å². The first-order valence-electron chi connectivity index (χ1n) is 6.09. The lowest BCUT2D eigenvalue weighted by Crippen LogP contribution is -2.31. The van der Waals surface area contributed by atoms with Gasteiger partial charge in [-0.3, -0.25) is 4.90 Å². The third-order valence-electron chi connectivity index (χ3n) is 2.94. The van der Waals surface area contributed by atoms with Crippen molar-refractivity contribution in [1.82, 2.24) is 10.2 Å². The number of hydrogen-bond acceptors (Lipinski definition) is 3. The molecule has 1 unspecified atom stereocenters. The summed E-state index contributed by atoms with van der Waals surface area (Å²) in [7, 11) is 2.15. The molecule has 1 heterocycles. The van der Waals surface area contributed by atoms with E-state index in [9.17, 15) is 0 Å². The first-order valence-corrected chi connectivity index (χ1v) is 6.09. The third-order valence-corrected chi connectivity index (χ3v) is 2.94. The fraction of sp³-hybridized carbons (Fsp3) is 0.692. The maximum absolute atomic E-state index is 5.57. The second-order valence-electron chi connectivity index (χ2n) is 4.42. The van der Waals surface area contributed by atoms with E-state index in [0.717, 1.165) is 31.2 Å². The van der Waals surface area contributed by atoms with Crippen molar-refractivity contribution in [3.8, 4) is 0 Å². The molecule has 0 bridgehead atoms. The van der Waals surface area contributed by atoms with Crippen LogP contribution in [0.5, 0.6) is 0 Å². The van der Waals surface area contributed by atoms with Crippen molar-refractivity contribution in [1.29, 1.82) is 0 Å². The van der Waals surface area contributed by atoms with Gasteiger partial charge in [0, 0.05) is 6.04 Å². The zero-order valence-corrected chi connectivity index (χ0v) is 10.9. The summed E-state index contributed by atoms with van der Waals surface area (Å²) in [6.07, 6.45) is 1.17. The summed E-state index contributed by atoms with van der Waals surface area (Å²) in [6.45, 7) is 9.40. The quantitative estimate of drug-likeness (QED) is 0.721. The highest BCUT2D eigenvalue weighted by Crippen LogP contribution is 2.11. The molecule has 1 aromatic heterocycles. The summed E-state index contributed by atoms with van der Waals surface area (Å²) >= 11 is 0. The van der Waals surface area contributed by atoms with E-state index in [1.807, 2.05) is 13.0 Å². The van der Waals surface area contributed by atoms with Gasteiger partial charge in [-0.1, -0.05) is 6.92 Å². The molecule has 0 aromatic carbocycles. The first kappa shape index (κ1) is 13.3. The second kappa shape index (κ2) is 6.71. The Morgan fingerprint density at radius 2 is 2.19 bits per heavy atom. The average molecular weight is 224 g/mol. The van der Waals surface area contributed by atoms with Crippen molar-refractivity contribution < 1.29 is 4.42 Å². The number of nitrogens with one attached hydrogen (secondary N) is 1. The molecular formula is C13H24N2O. The number of aryl methyl sites for hydroxylation is 1. The fourth-order valence-electron chi connectivity index (χ4n) is 1.68. The van der Waals surface area contributed by atoms with E-state index in [1.165, 1.54) is 6.42 Å². The molecule has 3 nitrogen and oxygen atoms in total. The average Bonchev–Trinajstić information content (AvgIpc) is 2.64. The molecule has 0 saturated heterocycles. The SMILES string of the molecule is CCNCCC(C)N(C)Cc1ccc(C)o1. The van der Waals surface area contributed by atoms with E-state index < -0.39 is 0 Å². The van der Waals surface area contributed by atoms with Gasteiger partial charge in [0.1, 0.15) is 11.5 Å². The van der Waals surface area contributed by atoms with Crippen molar-refractivity contribution in [3.63, 3.8) is 0 Å². The van der Waals surface area contributed by atoms with Crippen molar-refractivity contribution in [3.05, 3.63) is 23.7 Å². The molecule has 0 amide bonds. The van der Waals surface area contributed by atoms with Gasteiger partial charge in [-0.15, -0.1) is 0 Å². The van der Waals surface area contributed by atoms with Gasteiger partial charge in [0.25, 0.3) is 0 Å². The molecule has 1 aromatic rings. The Balaban J connectivity index is 2.30. The Morgan fingerprint density at radius 1 is 1.44 bits per heavy atom. The minimum Gasteiger partial charge on any atom is -0.465 e. The summed E-state index contributed by atoms with van der Waals surface area (Å²) in [4.78, 5) is 2.33. The topological polar surface area (TPSA) is 28.4 Å². The van der Waals surface area contributed by atoms with Crippen LogP contribution in [0.4, 0.5) is 0 Å². The number of hydrogen-bond donors (Lipinski definition) is 1. The molecule has 1 rings (SSSR count). The van der Waals surface area contributed by atoms with E-state index in [0.29, 0.717) is 6.04 Å². The Bertz CT molecular complexity index is 296. The Labute approximate surface area is 98.8 Å². The summed E-state index contributed by atoms with van der Waals surface area (Å²) in [6, 6.07) is 4.65. The van der Waals surface area contributed by atoms with Crippen LogP contribution in [0.2, 0.25) is 0 Å². The van der Waals surface area contributed by atoms with E-state index in [4.69, 9.17) is 4.42 Å². The van der Waals surface area contributed by atoms with Crippen molar-refractivity contribution in [2.75, 3.05) is 20.1 Å². The maximum atomic E-state index is 5.57. The van der Waals surface area contributed by atoms with Crippen molar-refractivity contribution in [2.24, 2.45) is 0 Å². The fourth-order valence-corrected chi connectivity index (χ4v) is 1.68. The van der Waals surface area contributed by atoms with Crippen LogP contribution in [-0.2, 0) is 6.54 Å². The molecular weight excluding hydrogens is 200 g/mol. The molecule has 92 valence electrons. The molecule has 1 atom stereocenters. The largest absolute Gasteiger partial charge is 0.465 e. The molecule has 0 radical (unpaired) electrons. The van der Waals surface area contributed by atoms with Crippen molar-refractivity contribution >= 4 is 0 Å². The molecule has 0 spiro atoms. The molecule has 0 aliphatic rings. The predicted molar refractivity (Wildman–Crippen MR) is 67.5 cm³/mol. The summed E-state index contributed by atoms with van der Waals surface area (Å²) in [5, 5.41) is 3.35. The normalized spacial score (nSPS) is 13.3. The van der Waals surface area contributed by atoms with E-state index in [-0.39, 0.29) is 0 Å². The van der Waals surface area contributed by atoms with Crippen LogP contribution >= 0.6 is 0 Å². The number of furan rings is 1. The monoisotopic (exact) mass is 224 g/mol. The van der Waals surface area contributed by atoms with Gasteiger partial charge in [-0.2, -0.15) is 0 Å². The van der Waals surface area contributed by atoms with Gasteiger partial charge in [0.05, 0.1) is 6.54 Å². The molecule has 0 saturated carbocycles. The molecule has 1 N–H and O–H groups in total. The van der Waals surface area contributed by atoms with Crippen LogP contribution in [0.15, 0.2) is 16.5 Å². The van der Waals surface area contributed by atoms with Crippen LogP contribution in [0.3, 0.4) is 0 Å². The second-order valence-corrected chi connectivity index (χ2v) is 4.42. The predicted octanol–water partition coefficient (Wildman–Crippen LogP) is 2.41. The van der Waals surface area contributed by atoms with Crippen LogP contribution in [0, 0.1) is 6.92 Å². The minimum absolute atomic E-state index is 0.574. The van der Waals surface area contributed by atoms with Gasteiger partial charge in [0.2, 0.25) is 0 Å². The maximum Gasteiger partial charge on any atom is 0.118 e. The third kappa shape index (κ3) is 4.37. The zero-order valence-electron chi connectivity index (χ0n) is 10.9. The number of rotatable bonds is 7. The van der Waals surface area contributed by atoms with Gasteiger partial charge in [-0.25, -0.2) is 0 Å². The van der Waals surface area contributed by atoms with Crippen molar-refractivity contribution in [2.45, 2.75) is 39.8 Å². The Kier molecular flexibility index (Phi) is 5.56. The highest BCUT2D eigenvalue weighted by molar-refractivity contribution is 5.05. The zero-order chi connectivity index (χ0) is 12.0. The molecule has 3 heteroatoms. The molecule has 16 heavy (non-hydrogen) atoms. The first-order chi connectivity index (χ1) is 7.63. The summed E-state index contributed by atoms with van der Waals surface area (Å²) in [5.41, 5.74) is 0. The highest BCUT2D eigenvalue weighted by Gasteiger charge is 2.10. The smallest absolute Gasteiger partial charge is 0.118 e. The van der Waals surface area contributed by atoms with E-state index >= 15 is 0 Å². The van der Waals surface area contributed by atoms with E-state index in [1.54, 1.807) is 0 Å². The van der Waals surface area contributed by atoms with Gasteiger partial charge in [0.15, 0.2) is 0 Å². The standard InChI is InChI=1S/C13H24N2O/c1-5-14-9-8-11(2)15(4)10-13-7-6-12(3)16-13/h6-7,11,14H,5,8-10H2,1-4H3. The van der Waals surface area contributed by atoms with E-state index in [2.05, 4.69) is 37.2 Å².